The van der Waals surface area contributed by atoms with Crippen LogP contribution in [-0.4, -0.2) is 28.0 Å². The van der Waals surface area contributed by atoms with Crippen molar-refractivity contribution < 1.29 is 4.74 Å². The van der Waals surface area contributed by atoms with E-state index in [4.69, 9.17) is 4.74 Å². The topological polar surface area (TPSA) is 39.9 Å². The molecule has 3 heterocycles. The van der Waals surface area contributed by atoms with E-state index in [2.05, 4.69) is 34.8 Å². The molecule has 1 aliphatic rings. The predicted molar refractivity (Wildman–Crippen MR) is 56.7 cm³/mol. The van der Waals surface area contributed by atoms with Gasteiger partial charge in [0, 0.05) is 6.20 Å². The third kappa shape index (κ3) is 1.11. The number of nitrogens with zero attached hydrogens (tertiary/aromatic N) is 3. The highest BCUT2D eigenvalue weighted by Gasteiger charge is 2.36. The Labute approximate surface area is 87.9 Å². The van der Waals surface area contributed by atoms with E-state index in [0.717, 1.165) is 24.2 Å². The first kappa shape index (κ1) is 8.85. The first-order chi connectivity index (χ1) is 7.21. The molecule has 0 atom stereocenters. The lowest BCUT2D eigenvalue weighted by molar-refractivity contribution is -0.0874. The highest BCUT2D eigenvalue weighted by molar-refractivity contribution is 5.79. The summed E-state index contributed by atoms with van der Waals surface area (Å²) in [7, 11) is 0. The van der Waals surface area contributed by atoms with Crippen LogP contribution in [0.3, 0.4) is 0 Å². The van der Waals surface area contributed by atoms with E-state index in [9.17, 15) is 0 Å². The lowest BCUT2D eigenvalue weighted by Crippen LogP contribution is -2.48. The van der Waals surface area contributed by atoms with Crippen molar-refractivity contribution >= 4 is 11.0 Å². The van der Waals surface area contributed by atoms with E-state index < -0.39 is 0 Å². The minimum Gasteiger partial charge on any atom is -0.376 e. The number of aryl methyl sites for hydroxylation is 1. The van der Waals surface area contributed by atoms with Crippen LogP contribution in [0.5, 0.6) is 0 Å². The van der Waals surface area contributed by atoms with Gasteiger partial charge in [0.2, 0.25) is 0 Å². The lowest BCUT2D eigenvalue weighted by atomic mass is 10.0. The molecule has 0 bridgehead atoms. The van der Waals surface area contributed by atoms with Crippen LogP contribution >= 0.6 is 0 Å². The van der Waals surface area contributed by atoms with Gasteiger partial charge in [0.25, 0.3) is 0 Å². The van der Waals surface area contributed by atoms with E-state index in [1.807, 2.05) is 6.07 Å². The van der Waals surface area contributed by atoms with E-state index in [-0.39, 0.29) is 5.54 Å². The van der Waals surface area contributed by atoms with Gasteiger partial charge in [0.05, 0.1) is 30.5 Å². The number of hydrogen-bond acceptors (Lipinski definition) is 3. The zero-order valence-electron chi connectivity index (χ0n) is 8.90. The summed E-state index contributed by atoms with van der Waals surface area (Å²) in [6, 6.07) is 2.01. The zero-order chi connectivity index (χ0) is 10.5. The smallest absolute Gasteiger partial charge is 0.114 e. The zero-order valence-corrected chi connectivity index (χ0v) is 8.90. The molecule has 2 aromatic rings. The largest absolute Gasteiger partial charge is 0.376 e. The molecular weight excluding hydrogens is 190 g/mol. The summed E-state index contributed by atoms with van der Waals surface area (Å²) in [4.78, 5) is 0. The third-order valence-electron chi connectivity index (χ3n) is 3.06. The van der Waals surface area contributed by atoms with Crippen molar-refractivity contribution in [3.05, 3.63) is 24.0 Å². The Balaban J connectivity index is 2.27. The molecule has 0 saturated carbocycles. The molecule has 4 nitrogen and oxygen atoms in total. The van der Waals surface area contributed by atoms with Crippen molar-refractivity contribution in [2.75, 3.05) is 13.2 Å². The SMILES string of the molecule is Cc1cn(C2(C)COC2)c2ccnnc12. The third-order valence-corrected chi connectivity index (χ3v) is 3.06. The second-order valence-electron chi connectivity index (χ2n) is 4.44. The van der Waals surface area contributed by atoms with Crippen molar-refractivity contribution in [2.45, 2.75) is 19.4 Å². The van der Waals surface area contributed by atoms with Gasteiger partial charge in [0.1, 0.15) is 5.52 Å². The first-order valence-electron chi connectivity index (χ1n) is 5.08. The molecule has 0 aromatic carbocycles. The summed E-state index contributed by atoms with van der Waals surface area (Å²) in [6.45, 7) is 5.82. The van der Waals surface area contributed by atoms with Gasteiger partial charge >= 0.3 is 0 Å². The van der Waals surface area contributed by atoms with Crippen molar-refractivity contribution in [2.24, 2.45) is 0 Å². The lowest BCUT2D eigenvalue weighted by Gasteiger charge is -2.40. The Bertz CT molecular complexity index is 514. The average Bonchev–Trinajstić information content (AvgIpc) is 2.54. The van der Waals surface area contributed by atoms with E-state index >= 15 is 0 Å². The molecule has 1 aliphatic heterocycles. The minimum absolute atomic E-state index is 0.0928. The molecule has 78 valence electrons. The van der Waals surface area contributed by atoms with E-state index in [0.29, 0.717) is 0 Å². The second-order valence-corrected chi connectivity index (χ2v) is 4.44. The van der Waals surface area contributed by atoms with Gasteiger partial charge in [-0.15, -0.1) is 5.10 Å². The Morgan fingerprint density at radius 1 is 1.47 bits per heavy atom. The van der Waals surface area contributed by atoms with E-state index in [1.165, 1.54) is 5.56 Å². The highest BCUT2D eigenvalue weighted by Crippen LogP contribution is 2.31. The summed E-state index contributed by atoms with van der Waals surface area (Å²) < 4.78 is 7.55. The number of rotatable bonds is 1. The Kier molecular flexibility index (Phi) is 1.65. The Morgan fingerprint density at radius 2 is 2.27 bits per heavy atom. The Hall–Kier alpha value is -1.42. The molecule has 0 N–H and O–H groups in total. The van der Waals surface area contributed by atoms with Crippen LogP contribution in [0.2, 0.25) is 0 Å². The molecule has 4 heteroatoms. The summed E-state index contributed by atoms with van der Waals surface area (Å²) in [5, 5.41) is 8.08. The minimum atomic E-state index is 0.0928. The maximum absolute atomic E-state index is 5.29. The fraction of sp³-hybridized carbons (Fsp3) is 0.455. The van der Waals surface area contributed by atoms with Crippen LogP contribution in [-0.2, 0) is 10.3 Å². The maximum Gasteiger partial charge on any atom is 0.114 e. The molecule has 1 saturated heterocycles. The summed E-state index contributed by atoms with van der Waals surface area (Å²) >= 11 is 0. The van der Waals surface area contributed by atoms with E-state index in [1.54, 1.807) is 6.20 Å². The molecule has 2 aromatic heterocycles. The monoisotopic (exact) mass is 203 g/mol. The number of hydrogen-bond donors (Lipinski definition) is 0. The van der Waals surface area contributed by atoms with Crippen LogP contribution in [0.1, 0.15) is 12.5 Å². The van der Waals surface area contributed by atoms with Crippen molar-refractivity contribution in [1.29, 1.82) is 0 Å². The first-order valence-corrected chi connectivity index (χ1v) is 5.08. The molecule has 1 fully saturated rings. The summed E-state index contributed by atoms with van der Waals surface area (Å²) in [6.07, 6.45) is 3.88. The number of aromatic nitrogens is 3. The van der Waals surface area contributed by atoms with Crippen molar-refractivity contribution in [1.82, 2.24) is 14.8 Å². The van der Waals surface area contributed by atoms with Gasteiger partial charge in [0.15, 0.2) is 0 Å². The van der Waals surface area contributed by atoms with Gasteiger partial charge in [-0.1, -0.05) is 0 Å². The van der Waals surface area contributed by atoms with Crippen LogP contribution in [0.4, 0.5) is 0 Å². The average molecular weight is 203 g/mol. The summed E-state index contributed by atoms with van der Waals surface area (Å²) in [5.41, 5.74) is 3.40. The second kappa shape index (κ2) is 2.79. The normalized spacial score (nSPS) is 19.1. The molecule has 0 aliphatic carbocycles. The van der Waals surface area contributed by atoms with Crippen LogP contribution in [0.15, 0.2) is 18.5 Å². The molecule has 0 unspecified atom stereocenters. The van der Waals surface area contributed by atoms with Gasteiger partial charge in [-0.25, -0.2) is 0 Å². The van der Waals surface area contributed by atoms with Gasteiger partial charge in [-0.05, 0) is 25.5 Å². The maximum atomic E-state index is 5.29. The molecular formula is C11H13N3O. The molecule has 0 spiro atoms. The van der Waals surface area contributed by atoms with Gasteiger partial charge in [-0.3, -0.25) is 0 Å². The molecule has 0 radical (unpaired) electrons. The van der Waals surface area contributed by atoms with Crippen molar-refractivity contribution in [3.8, 4) is 0 Å². The predicted octanol–water partition coefficient (Wildman–Crippen LogP) is 1.49. The fourth-order valence-electron chi connectivity index (χ4n) is 2.11. The molecule has 15 heavy (non-hydrogen) atoms. The van der Waals surface area contributed by atoms with Crippen LogP contribution < -0.4 is 0 Å². The molecule has 3 rings (SSSR count). The van der Waals surface area contributed by atoms with Crippen LogP contribution in [0.25, 0.3) is 11.0 Å². The number of fused-ring (bicyclic) bond motifs is 1. The number of ether oxygens (including phenoxy) is 1. The quantitative estimate of drug-likeness (QED) is 0.705. The highest BCUT2D eigenvalue weighted by atomic mass is 16.5. The molecule has 0 amide bonds. The standard InChI is InChI=1S/C11H13N3O/c1-8-5-14(11(2)6-15-7-11)9-3-4-12-13-10(8)9/h3-5H,6-7H2,1-2H3. The van der Waals surface area contributed by atoms with Crippen LogP contribution in [0, 0.1) is 6.92 Å². The van der Waals surface area contributed by atoms with Gasteiger partial charge in [-0.2, -0.15) is 5.10 Å². The summed E-state index contributed by atoms with van der Waals surface area (Å²) in [5.74, 6) is 0. The van der Waals surface area contributed by atoms with Crippen molar-refractivity contribution in [3.63, 3.8) is 0 Å². The fourth-order valence-corrected chi connectivity index (χ4v) is 2.11. The van der Waals surface area contributed by atoms with Gasteiger partial charge < -0.3 is 9.30 Å². The Morgan fingerprint density at radius 3 is 2.93 bits per heavy atom.